The molecule has 3 N–H and O–H groups in total. The van der Waals surface area contributed by atoms with Crippen LogP contribution in [0.5, 0.6) is 0 Å². The molecule has 0 spiro atoms. The number of nitrogens with one attached hydrogen (secondary N) is 3. The summed E-state index contributed by atoms with van der Waals surface area (Å²) >= 11 is 11.9. The van der Waals surface area contributed by atoms with E-state index in [1.165, 1.54) is 48.7 Å². The molecule has 0 radical (unpaired) electrons. The van der Waals surface area contributed by atoms with Crippen molar-refractivity contribution in [3.05, 3.63) is 97.9 Å². The van der Waals surface area contributed by atoms with Crippen LogP contribution in [0.3, 0.4) is 0 Å². The summed E-state index contributed by atoms with van der Waals surface area (Å²) in [5.74, 6) is -3.29. The highest BCUT2D eigenvalue weighted by Crippen LogP contribution is 2.47. The molecular weight excluding hydrogens is 473 g/mol. The van der Waals surface area contributed by atoms with Crippen LogP contribution in [0.15, 0.2) is 59.5 Å². The molecule has 0 bridgehead atoms. The van der Waals surface area contributed by atoms with E-state index in [2.05, 4.69) is 21.7 Å². The topological polar surface area (TPSA) is 97.8 Å². The highest BCUT2D eigenvalue weighted by atomic mass is 35.5. The fourth-order valence-electron chi connectivity index (χ4n) is 4.22. The Labute approximate surface area is 197 Å². The number of benzene rings is 2. The maximum absolute atomic E-state index is 15.2. The lowest BCUT2D eigenvalue weighted by molar-refractivity contribution is -0.118. The summed E-state index contributed by atoms with van der Waals surface area (Å²) in [4.78, 5) is 26.9. The molecule has 1 aromatic heterocycles. The van der Waals surface area contributed by atoms with Crippen molar-refractivity contribution in [3.63, 3.8) is 0 Å². The average Bonchev–Trinajstić information content (AvgIpc) is 3.17. The van der Waals surface area contributed by atoms with Gasteiger partial charge in [-0.1, -0.05) is 41.4 Å². The first-order chi connectivity index (χ1) is 15.8. The number of hydrogen-bond acceptors (Lipinski definition) is 4. The van der Waals surface area contributed by atoms with E-state index in [1.807, 2.05) is 0 Å². The molecule has 2 unspecified atom stereocenters. The van der Waals surface area contributed by atoms with Crippen molar-refractivity contribution in [1.29, 1.82) is 5.26 Å². The smallest absolute Gasteiger partial charge is 0.248 e. The highest BCUT2D eigenvalue weighted by molar-refractivity contribution is 6.31. The normalized spacial score (nSPS) is 22.0. The quantitative estimate of drug-likeness (QED) is 0.514. The highest BCUT2D eigenvalue weighted by Gasteiger charge is 2.55. The number of amides is 1. The number of aromatic nitrogens is 1. The largest absolute Gasteiger partial charge is 0.327 e. The minimum atomic E-state index is -1.65. The van der Waals surface area contributed by atoms with E-state index in [0.717, 1.165) is 6.07 Å². The second-order valence-electron chi connectivity index (χ2n) is 7.62. The van der Waals surface area contributed by atoms with Gasteiger partial charge in [0.15, 0.2) is 0 Å². The van der Waals surface area contributed by atoms with Crippen molar-refractivity contribution in [2.24, 2.45) is 0 Å². The fraction of sp³-hybridized carbons (Fsp3) is 0.174. The van der Waals surface area contributed by atoms with Crippen molar-refractivity contribution in [2.75, 3.05) is 11.9 Å². The van der Waals surface area contributed by atoms with Gasteiger partial charge in [-0.25, -0.2) is 8.78 Å². The molecule has 33 heavy (non-hydrogen) atoms. The van der Waals surface area contributed by atoms with Gasteiger partial charge in [0.25, 0.3) is 0 Å². The summed E-state index contributed by atoms with van der Waals surface area (Å²) in [6.07, 6.45) is 1.31. The molecule has 168 valence electrons. The number of halogens is 4. The number of hydrogen-bond donors (Lipinski definition) is 3. The van der Waals surface area contributed by atoms with Crippen molar-refractivity contribution in [2.45, 2.75) is 17.4 Å². The van der Waals surface area contributed by atoms with Gasteiger partial charge >= 0.3 is 0 Å². The van der Waals surface area contributed by atoms with Crippen LogP contribution in [0.1, 0.15) is 17.0 Å². The predicted molar refractivity (Wildman–Crippen MR) is 120 cm³/mol. The first-order valence-corrected chi connectivity index (χ1v) is 10.6. The van der Waals surface area contributed by atoms with Crippen LogP contribution in [0, 0.1) is 23.0 Å². The average molecular weight is 489 g/mol. The number of H-pyrrole nitrogens is 1. The predicted octanol–water partition coefficient (Wildman–Crippen LogP) is 4.12. The number of pyridine rings is 1. The number of nitriles is 1. The van der Waals surface area contributed by atoms with Crippen LogP contribution in [0.4, 0.5) is 14.5 Å². The van der Waals surface area contributed by atoms with E-state index in [4.69, 9.17) is 23.2 Å². The Kier molecular flexibility index (Phi) is 6.21. The molecule has 1 saturated heterocycles. The van der Waals surface area contributed by atoms with Gasteiger partial charge in [0.2, 0.25) is 11.5 Å². The molecule has 3 aromatic rings. The van der Waals surface area contributed by atoms with Gasteiger partial charge in [-0.3, -0.25) is 9.59 Å². The van der Waals surface area contributed by atoms with Gasteiger partial charge in [0.05, 0.1) is 22.8 Å². The minimum absolute atomic E-state index is 0.00924. The van der Waals surface area contributed by atoms with Crippen LogP contribution in [0.2, 0.25) is 10.0 Å². The fourth-order valence-corrected chi connectivity index (χ4v) is 4.57. The van der Waals surface area contributed by atoms with E-state index in [1.54, 1.807) is 0 Å². The van der Waals surface area contributed by atoms with Gasteiger partial charge in [0.1, 0.15) is 17.0 Å². The van der Waals surface area contributed by atoms with Gasteiger partial charge in [-0.05, 0) is 29.8 Å². The number of carbonyl (C=O) groups is 1. The van der Waals surface area contributed by atoms with E-state index in [0.29, 0.717) is 5.69 Å². The zero-order valence-electron chi connectivity index (χ0n) is 16.8. The molecule has 1 amide bonds. The Hall–Kier alpha value is -3.25. The van der Waals surface area contributed by atoms with E-state index in [9.17, 15) is 19.2 Å². The summed E-state index contributed by atoms with van der Waals surface area (Å²) in [6, 6.07) is 11.7. The van der Waals surface area contributed by atoms with Gasteiger partial charge in [-0.15, -0.1) is 0 Å². The molecule has 0 saturated carbocycles. The molecule has 10 heteroatoms. The molecule has 6 nitrogen and oxygen atoms in total. The lowest BCUT2D eigenvalue weighted by Gasteiger charge is -2.31. The summed E-state index contributed by atoms with van der Waals surface area (Å²) in [5, 5.41) is 15.8. The maximum Gasteiger partial charge on any atom is 0.248 e. The van der Waals surface area contributed by atoms with Gasteiger partial charge in [0, 0.05) is 35.3 Å². The molecule has 0 aliphatic carbocycles. The van der Waals surface area contributed by atoms with Gasteiger partial charge < -0.3 is 15.6 Å². The first kappa shape index (κ1) is 22.9. The number of rotatable bonds is 4. The third-order valence-electron chi connectivity index (χ3n) is 5.73. The molecule has 3 atom stereocenters. The molecule has 1 aliphatic rings. The summed E-state index contributed by atoms with van der Waals surface area (Å²) in [6.45, 7) is -0.137. The van der Waals surface area contributed by atoms with Crippen LogP contribution in [-0.4, -0.2) is 23.5 Å². The monoisotopic (exact) mass is 488 g/mol. The SMILES string of the molecule is N#CC1(c2ccc(Cl)cc2F)CNC(C(=O)Nc2ccc(=O)[nH]c2)[C@H]1c1cccc(Cl)c1F. The van der Waals surface area contributed by atoms with E-state index in [-0.39, 0.29) is 33.3 Å². The summed E-state index contributed by atoms with van der Waals surface area (Å²) in [5.41, 5.74) is -1.74. The van der Waals surface area contributed by atoms with Crippen LogP contribution in [-0.2, 0) is 10.2 Å². The van der Waals surface area contributed by atoms with Crippen molar-refractivity contribution in [3.8, 4) is 6.07 Å². The van der Waals surface area contributed by atoms with Crippen molar-refractivity contribution in [1.82, 2.24) is 10.3 Å². The molecule has 4 rings (SSSR count). The minimum Gasteiger partial charge on any atom is -0.327 e. The third-order valence-corrected chi connectivity index (χ3v) is 6.25. The number of nitrogens with zero attached hydrogens (tertiary/aromatic N) is 1. The number of carbonyl (C=O) groups excluding carboxylic acids is 1. The standard InChI is InChI=1S/C23H16Cl2F2N4O2/c24-12-4-6-15(17(26)8-12)23(10-28)11-30-21(19(23)14-2-1-3-16(25)20(14)27)22(33)31-13-5-7-18(32)29-9-13/h1-9,19,21,30H,11H2,(H,29,32)(H,31,33)/t19-,21?,23?/m1/s1. The second-order valence-corrected chi connectivity index (χ2v) is 8.46. The van der Waals surface area contributed by atoms with Crippen LogP contribution in [0.25, 0.3) is 0 Å². The van der Waals surface area contributed by atoms with E-state index >= 15 is 4.39 Å². The molecule has 2 aromatic carbocycles. The Bertz CT molecular complexity index is 1320. The zero-order valence-corrected chi connectivity index (χ0v) is 18.3. The third kappa shape index (κ3) is 4.11. The van der Waals surface area contributed by atoms with Crippen LogP contribution >= 0.6 is 23.2 Å². The molecular formula is C23H16Cl2F2N4O2. The number of anilines is 1. The first-order valence-electron chi connectivity index (χ1n) is 9.80. The lowest BCUT2D eigenvalue weighted by Crippen LogP contribution is -2.41. The Morgan fingerprint density at radius 3 is 2.64 bits per heavy atom. The Morgan fingerprint density at radius 2 is 1.97 bits per heavy atom. The molecule has 1 aliphatic heterocycles. The number of aromatic amines is 1. The lowest BCUT2D eigenvalue weighted by atomic mass is 9.68. The Morgan fingerprint density at radius 1 is 1.18 bits per heavy atom. The Balaban J connectivity index is 1.84. The van der Waals surface area contributed by atoms with Crippen LogP contribution < -0.4 is 16.2 Å². The summed E-state index contributed by atoms with van der Waals surface area (Å²) < 4.78 is 30.2. The maximum atomic E-state index is 15.2. The zero-order chi connectivity index (χ0) is 23.8. The van der Waals surface area contributed by atoms with Gasteiger partial charge in [-0.2, -0.15) is 5.26 Å². The molecule has 2 heterocycles. The summed E-state index contributed by atoms with van der Waals surface area (Å²) in [7, 11) is 0. The van der Waals surface area contributed by atoms with E-state index < -0.39 is 34.9 Å². The molecule has 1 fully saturated rings. The van der Waals surface area contributed by atoms with Crippen molar-refractivity contribution < 1.29 is 13.6 Å². The second kappa shape index (κ2) is 8.94. The van der Waals surface area contributed by atoms with Crippen molar-refractivity contribution >= 4 is 34.8 Å².